The largest absolute Gasteiger partial charge is 0.317 e. The van der Waals surface area contributed by atoms with Crippen molar-refractivity contribution in [1.82, 2.24) is 10.0 Å². The molecule has 1 aliphatic rings. The van der Waals surface area contributed by atoms with Gasteiger partial charge in [-0.15, -0.1) is 0 Å². The lowest BCUT2D eigenvalue weighted by atomic mass is 10.3. The van der Waals surface area contributed by atoms with Crippen molar-refractivity contribution >= 4 is 21.8 Å². The number of nitrogens with one attached hydrogen (secondary N) is 2. The molecule has 0 radical (unpaired) electrons. The van der Waals surface area contributed by atoms with Crippen LogP contribution in [0.25, 0.3) is 0 Å². The fourth-order valence-electron chi connectivity index (χ4n) is 1.62. The van der Waals surface area contributed by atoms with Crippen molar-refractivity contribution in [3.8, 4) is 0 Å². The SMILES string of the molecule is CCNCCCCS(=O)(=O)NCC1(SC)CC1. The number of unbranched alkanes of at least 4 members (excludes halogenated alkanes) is 1. The Morgan fingerprint density at radius 2 is 2.00 bits per heavy atom. The van der Waals surface area contributed by atoms with Gasteiger partial charge < -0.3 is 5.32 Å². The predicted octanol–water partition coefficient (Wildman–Crippen LogP) is 1.19. The monoisotopic (exact) mass is 280 g/mol. The van der Waals surface area contributed by atoms with Crippen LogP contribution in [-0.4, -0.2) is 44.8 Å². The fraction of sp³-hybridized carbons (Fsp3) is 1.00. The summed E-state index contributed by atoms with van der Waals surface area (Å²) in [5.74, 6) is 0.253. The summed E-state index contributed by atoms with van der Waals surface area (Å²) in [5, 5.41) is 3.19. The molecule has 0 spiro atoms. The maximum Gasteiger partial charge on any atom is 0.211 e. The van der Waals surface area contributed by atoms with Crippen molar-refractivity contribution in [1.29, 1.82) is 0 Å². The second-order valence-corrected chi connectivity index (χ2v) is 7.79. The molecule has 0 heterocycles. The molecule has 2 N–H and O–H groups in total. The van der Waals surface area contributed by atoms with Gasteiger partial charge in [0.15, 0.2) is 0 Å². The van der Waals surface area contributed by atoms with Gasteiger partial charge in [-0.05, 0) is 45.0 Å². The highest BCUT2D eigenvalue weighted by atomic mass is 32.2. The third-order valence-corrected chi connectivity index (χ3v) is 5.95. The molecule has 1 rings (SSSR count). The Kier molecular flexibility index (Phi) is 6.26. The summed E-state index contributed by atoms with van der Waals surface area (Å²) < 4.78 is 26.4. The zero-order chi connectivity index (χ0) is 12.8. The zero-order valence-corrected chi connectivity index (χ0v) is 12.4. The van der Waals surface area contributed by atoms with Crippen LogP contribution in [0, 0.1) is 0 Å². The molecule has 0 aromatic carbocycles. The molecular formula is C11H24N2O2S2. The normalized spacial score (nSPS) is 18.2. The van der Waals surface area contributed by atoms with E-state index in [4.69, 9.17) is 0 Å². The van der Waals surface area contributed by atoms with Gasteiger partial charge in [-0.3, -0.25) is 0 Å². The van der Waals surface area contributed by atoms with E-state index in [-0.39, 0.29) is 10.5 Å². The smallest absolute Gasteiger partial charge is 0.211 e. The van der Waals surface area contributed by atoms with E-state index in [1.165, 1.54) is 0 Å². The highest BCUT2D eigenvalue weighted by Crippen LogP contribution is 2.46. The maximum absolute atomic E-state index is 11.7. The summed E-state index contributed by atoms with van der Waals surface area (Å²) >= 11 is 1.78. The van der Waals surface area contributed by atoms with Crippen LogP contribution in [0.4, 0.5) is 0 Å². The molecule has 0 atom stereocenters. The lowest BCUT2D eigenvalue weighted by Crippen LogP contribution is -2.33. The molecule has 0 aliphatic heterocycles. The quantitative estimate of drug-likeness (QED) is 0.590. The van der Waals surface area contributed by atoms with Crippen LogP contribution < -0.4 is 10.0 Å². The van der Waals surface area contributed by atoms with E-state index in [1.54, 1.807) is 11.8 Å². The molecule has 0 unspecified atom stereocenters. The second-order valence-electron chi connectivity index (χ2n) is 4.59. The Morgan fingerprint density at radius 1 is 1.29 bits per heavy atom. The Labute approximate surface area is 109 Å². The van der Waals surface area contributed by atoms with Gasteiger partial charge in [-0.1, -0.05) is 6.92 Å². The van der Waals surface area contributed by atoms with Crippen LogP contribution in [0.2, 0.25) is 0 Å². The molecular weight excluding hydrogens is 256 g/mol. The van der Waals surface area contributed by atoms with Crippen LogP contribution in [0.1, 0.15) is 32.6 Å². The van der Waals surface area contributed by atoms with Crippen LogP contribution in [0.5, 0.6) is 0 Å². The maximum atomic E-state index is 11.7. The van der Waals surface area contributed by atoms with Crippen molar-refractivity contribution in [2.24, 2.45) is 0 Å². The number of sulfonamides is 1. The first-order chi connectivity index (χ1) is 8.04. The molecule has 6 heteroatoms. The Morgan fingerprint density at radius 3 is 2.53 bits per heavy atom. The Balaban J connectivity index is 2.13. The lowest BCUT2D eigenvalue weighted by Gasteiger charge is -2.13. The molecule has 102 valence electrons. The van der Waals surface area contributed by atoms with E-state index in [9.17, 15) is 8.42 Å². The van der Waals surface area contributed by atoms with Gasteiger partial charge in [0.2, 0.25) is 10.0 Å². The van der Waals surface area contributed by atoms with E-state index in [2.05, 4.69) is 23.2 Å². The van der Waals surface area contributed by atoms with Gasteiger partial charge in [0.25, 0.3) is 0 Å². The first kappa shape index (κ1) is 15.3. The van der Waals surface area contributed by atoms with Crippen LogP contribution in [0.3, 0.4) is 0 Å². The number of rotatable bonds is 10. The average molecular weight is 280 g/mol. The van der Waals surface area contributed by atoms with Gasteiger partial charge in [0.1, 0.15) is 0 Å². The van der Waals surface area contributed by atoms with Crippen molar-refractivity contribution in [3.63, 3.8) is 0 Å². The second kappa shape index (κ2) is 6.97. The Hall–Kier alpha value is 0.220. The molecule has 4 nitrogen and oxygen atoms in total. The number of hydrogen-bond acceptors (Lipinski definition) is 4. The minimum Gasteiger partial charge on any atom is -0.317 e. The van der Waals surface area contributed by atoms with Crippen molar-refractivity contribution in [2.45, 2.75) is 37.4 Å². The summed E-state index contributed by atoms with van der Waals surface area (Å²) in [5.41, 5.74) is 0. The Bertz CT molecular complexity index is 313. The van der Waals surface area contributed by atoms with Gasteiger partial charge in [-0.2, -0.15) is 11.8 Å². The summed E-state index contributed by atoms with van der Waals surface area (Å²) in [4.78, 5) is 0. The summed E-state index contributed by atoms with van der Waals surface area (Å²) in [6, 6.07) is 0. The van der Waals surface area contributed by atoms with E-state index >= 15 is 0 Å². The van der Waals surface area contributed by atoms with E-state index in [0.29, 0.717) is 6.54 Å². The van der Waals surface area contributed by atoms with Crippen molar-refractivity contribution in [3.05, 3.63) is 0 Å². The summed E-state index contributed by atoms with van der Waals surface area (Å²) in [6.07, 6.45) is 5.98. The average Bonchev–Trinajstić information content (AvgIpc) is 3.07. The number of thioether (sulfide) groups is 1. The molecule has 1 fully saturated rings. The van der Waals surface area contributed by atoms with E-state index < -0.39 is 10.0 Å². The number of hydrogen-bond donors (Lipinski definition) is 2. The summed E-state index contributed by atoms with van der Waals surface area (Å²) in [7, 11) is -3.06. The molecule has 0 aromatic heterocycles. The standard InChI is InChI=1S/C11H24N2O2S2/c1-3-12-8-4-5-9-17(14,15)13-10-11(16-2)6-7-11/h12-13H,3-10H2,1-2H3. The van der Waals surface area contributed by atoms with Crippen LogP contribution in [0.15, 0.2) is 0 Å². The first-order valence-corrected chi connectivity index (χ1v) is 9.14. The third-order valence-electron chi connectivity index (χ3n) is 3.12. The molecule has 0 saturated heterocycles. The van der Waals surface area contributed by atoms with E-state index in [0.717, 1.165) is 38.8 Å². The molecule has 0 amide bonds. The minimum atomic E-state index is -3.06. The molecule has 17 heavy (non-hydrogen) atoms. The topological polar surface area (TPSA) is 58.2 Å². The van der Waals surface area contributed by atoms with Gasteiger partial charge in [0.05, 0.1) is 5.75 Å². The summed E-state index contributed by atoms with van der Waals surface area (Å²) in [6.45, 7) is 4.50. The highest BCUT2D eigenvalue weighted by Gasteiger charge is 2.42. The van der Waals surface area contributed by atoms with Crippen molar-refractivity contribution < 1.29 is 8.42 Å². The van der Waals surface area contributed by atoms with Crippen molar-refractivity contribution in [2.75, 3.05) is 31.6 Å². The molecule has 1 saturated carbocycles. The fourth-order valence-corrected chi connectivity index (χ4v) is 3.67. The first-order valence-electron chi connectivity index (χ1n) is 6.27. The molecule has 1 aliphatic carbocycles. The van der Waals surface area contributed by atoms with Crippen LogP contribution in [-0.2, 0) is 10.0 Å². The van der Waals surface area contributed by atoms with Gasteiger partial charge in [0, 0.05) is 11.3 Å². The minimum absolute atomic E-state index is 0.205. The highest BCUT2D eigenvalue weighted by molar-refractivity contribution is 8.00. The van der Waals surface area contributed by atoms with Gasteiger partial charge in [-0.25, -0.2) is 13.1 Å². The third kappa shape index (κ3) is 6.08. The lowest BCUT2D eigenvalue weighted by molar-refractivity contribution is 0.573. The molecule has 0 bridgehead atoms. The zero-order valence-electron chi connectivity index (χ0n) is 10.8. The van der Waals surface area contributed by atoms with Gasteiger partial charge >= 0.3 is 0 Å². The molecule has 0 aromatic rings. The van der Waals surface area contributed by atoms with E-state index in [1.807, 2.05) is 0 Å². The predicted molar refractivity (Wildman–Crippen MR) is 75.0 cm³/mol. The van der Waals surface area contributed by atoms with Crippen LogP contribution >= 0.6 is 11.8 Å².